The molecule has 0 bridgehead atoms. The Labute approximate surface area is 95.5 Å². The summed E-state index contributed by atoms with van der Waals surface area (Å²) >= 11 is 1.62. The average molecular weight is 220 g/mol. The second kappa shape index (κ2) is 7.25. The molecule has 0 amide bonds. The van der Waals surface area contributed by atoms with E-state index < -0.39 is 0 Å². The third-order valence-corrected chi connectivity index (χ3v) is 3.16. The molecule has 1 rings (SSSR count). The number of carbonyl (C=O) groups excluding carboxylic acids is 1. The lowest BCUT2D eigenvalue weighted by Crippen LogP contribution is -1.85. The van der Waals surface area contributed by atoms with Gasteiger partial charge in [-0.1, -0.05) is 26.2 Å². The Morgan fingerprint density at radius 1 is 1.40 bits per heavy atom. The molecule has 15 heavy (non-hydrogen) atoms. The lowest BCUT2D eigenvalue weighted by atomic mass is 10.1. The summed E-state index contributed by atoms with van der Waals surface area (Å²) in [6, 6.07) is 2.12. The minimum Gasteiger partial charge on any atom is -0.289 e. The van der Waals surface area contributed by atoms with Crippen molar-refractivity contribution in [3.8, 4) is 11.8 Å². The number of thiophene rings is 1. The number of hydrogen-bond acceptors (Lipinski definition) is 2. The van der Waals surface area contributed by atoms with E-state index in [-0.39, 0.29) is 0 Å². The van der Waals surface area contributed by atoms with Crippen molar-refractivity contribution < 1.29 is 4.79 Å². The minimum absolute atomic E-state index is 0.653. The molecule has 0 atom stereocenters. The van der Waals surface area contributed by atoms with E-state index in [2.05, 4.69) is 24.8 Å². The van der Waals surface area contributed by atoms with Crippen molar-refractivity contribution in [1.29, 1.82) is 0 Å². The first-order valence-electron chi connectivity index (χ1n) is 5.40. The normalized spacial score (nSPS) is 9.40. The van der Waals surface area contributed by atoms with Gasteiger partial charge in [0.25, 0.3) is 0 Å². The van der Waals surface area contributed by atoms with Gasteiger partial charge in [0.2, 0.25) is 0 Å². The van der Waals surface area contributed by atoms with Crippen LogP contribution in [0.3, 0.4) is 0 Å². The second-order valence-electron chi connectivity index (χ2n) is 3.47. The van der Waals surface area contributed by atoms with Crippen LogP contribution in [-0.2, 0) is 11.2 Å². The Bertz CT molecular complexity index is 354. The quantitative estimate of drug-likeness (QED) is 0.422. The molecule has 1 aromatic heterocycles. The van der Waals surface area contributed by atoms with Gasteiger partial charge in [0.05, 0.1) is 4.88 Å². The van der Waals surface area contributed by atoms with Gasteiger partial charge in [-0.3, -0.25) is 4.79 Å². The Kier molecular flexibility index (Phi) is 5.80. The van der Waals surface area contributed by atoms with Gasteiger partial charge in [-0.05, 0) is 41.7 Å². The molecular weight excluding hydrogens is 204 g/mol. The maximum atomic E-state index is 10.1. The van der Waals surface area contributed by atoms with E-state index in [9.17, 15) is 4.79 Å². The molecule has 2 heteroatoms. The smallest absolute Gasteiger partial charge is 0.193 e. The SMILES string of the molecule is CCCCCCc1ccsc1C#CC=O. The van der Waals surface area contributed by atoms with Crippen molar-refractivity contribution in [3.05, 3.63) is 21.9 Å². The molecule has 0 aromatic carbocycles. The highest BCUT2D eigenvalue weighted by atomic mass is 32.1. The molecule has 0 fully saturated rings. The number of hydrogen-bond donors (Lipinski definition) is 0. The van der Waals surface area contributed by atoms with Crippen LogP contribution in [0.1, 0.15) is 43.0 Å². The van der Waals surface area contributed by atoms with Crippen LogP contribution >= 0.6 is 11.3 Å². The lowest BCUT2D eigenvalue weighted by molar-refractivity contribution is -0.103. The summed E-state index contributed by atoms with van der Waals surface area (Å²) in [7, 11) is 0. The molecule has 0 aliphatic rings. The van der Waals surface area contributed by atoms with E-state index in [1.54, 1.807) is 11.3 Å². The molecule has 1 aromatic rings. The predicted molar refractivity (Wildman–Crippen MR) is 65.1 cm³/mol. The van der Waals surface area contributed by atoms with Gasteiger partial charge in [0.15, 0.2) is 6.29 Å². The van der Waals surface area contributed by atoms with E-state index in [0.717, 1.165) is 11.3 Å². The summed E-state index contributed by atoms with van der Waals surface area (Å²) in [4.78, 5) is 11.2. The Balaban J connectivity index is 2.46. The van der Waals surface area contributed by atoms with Crippen LogP contribution in [0.5, 0.6) is 0 Å². The van der Waals surface area contributed by atoms with Gasteiger partial charge >= 0.3 is 0 Å². The topological polar surface area (TPSA) is 17.1 Å². The fraction of sp³-hybridized carbons (Fsp3) is 0.462. The van der Waals surface area contributed by atoms with Crippen LogP contribution in [0.4, 0.5) is 0 Å². The highest BCUT2D eigenvalue weighted by molar-refractivity contribution is 7.10. The van der Waals surface area contributed by atoms with Crippen LogP contribution in [0, 0.1) is 11.8 Å². The number of rotatable bonds is 5. The summed E-state index contributed by atoms with van der Waals surface area (Å²) in [5.41, 5.74) is 1.30. The Morgan fingerprint density at radius 2 is 2.27 bits per heavy atom. The number of carbonyl (C=O) groups is 1. The van der Waals surface area contributed by atoms with Gasteiger partial charge in [0.1, 0.15) is 0 Å². The molecule has 0 aliphatic carbocycles. The van der Waals surface area contributed by atoms with E-state index in [0.29, 0.717) is 6.29 Å². The summed E-state index contributed by atoms with van der Waals surface area (Å²) in [5.74, 6) is 5.36. The van der Waals surface area contributed by atoms with Crippen molar-refractivity contribution in [2.75, 3.05) is 0 Å². The maximum Gasteiger partial charge on any atom is 0.193 e. The van der Waals surface area contributed by atoms with E-state index in [1.807, 2.05) is 5.38 Å². The zero-order chi connectivity index (χ0) is 10.9. The fourth-order valence-electron chi connectivity index (χ4n) is 1.48. The van der Waals surface area contributed by atoms with Gasteiger partial charge < -0.3 is 0 Å². The fourth-order valence-corrected chi connectivity index (χ4v) is 2.29. The summed E-state index contributed by atoms with van der Waals surface area (Å²) in [6.45, 7) is 2.21. The molecule has 0 spiro atoms. The monoisotopic (exact) mass is 220 g/mol. The number of aryl methyl sites for hydroxylation is 1. The Morgan fingerprint density at radius 3 is 3.00 bits per heavy atom. The van der Waals surface area contributed by atoms with Crippen molar-refractivity contribution in [2.45, 2.75) is 39.0 Å². The molecule has 0 aliphatic heterocycles. The number of unbranched alkanes of at least 4 members (excludes halogenated alkanes) is 3. The first-order chi connectivity index (χ1) is 7.38. The maximum absolute atomic E-state index is 10.1. The minimum atomic E-state index is 0.653. The van der Waals surface area contributed by atoms with E-state index in [4.69, 9.17) is 0 Å². The molecule has 80 valence electrons. The molecule has 0 saturated carbocycles. The van der Waals surface area contributed by atoms with Crippen LogP contribution in [0.25, 0.3) is 0 Å². The summed E-state index contributed by atoms with van der Waals surface area (Å²) < 4.78 is 0. The second-order valence-corrected chi connectivity index (χ2v) is 4.39. The molecule has 0 N–H and O–H groups in total. The standard InChI is InChI=1S/C13H16OS/c1-2-3-4-5-7-12-9-11-15-13(12)8-6-10-14/h9-11H,2-5,7H2,1H3. The Hall–Kier alpha value is -1.07. The van der Waals surface area contributed by atoms with Crippen molar-refractivity contribution >= 4 is 17.6 Å². The summed E-state index contributed by atoms with van der Waals surface area (Å²) in [6.07, 6.45) is 6.82. The third-order valence-electron chi connectivity index (χ3n) is 2.29. The molecule has 0 unspecified atom stereocenters. The molecule has 0 saturated heterocycles. The van der Waals surface area contributed by atoms with Crippen molar-refractivity contribution in [3.63, 3.8) is 0 Å². The van der Waals surface area contributed by atoms with Crippen LogP contribution < -0.4 is 0 Å². The number of aldehydes is 1. The van der Waals surface area contributed by atoms with Gasteiger partial charge in [0, 0.05) is 0 Å². The average Bonchev–Trinajstić information content (AvgIpc) is 2.69. The van der Waals surface area contributed by atoms with E-state index >= 15 is 0 Å². The first-order valence-corrected chi connectivity index (χ1v) is 6.28. The molecule has 1 nitrogen and oxygen atoms in total. The van der Waals surface area contributed by atoms with E-state index in [1.165, 1.54) is 31.2 Å². The van der Waals surface area contributed by atoms with Crippen molar-refractivity contribution in [2.24, 2.45) is 0 Å². The zero-order valence-electron chi connectivity index (χ0n) is 9.08. The van der Waals surface area contributed by atoms with Crippen LogP contribution in [0.15, 0.2) is 11.4 Å². The first kappa shape index (κ1) is 12.0. The lowest BCUT2D eigenvalue weighted by Gasteiger charge is -1.98. The van der Waals surface area contributed by atoms with Gasteiger partial charge in [-0.15, -0.1) is 11.3 Å². The molecule has 1 heterocycles. The largest absolute Gasteiger partial charge is 0.289 e. The summed E-state index contributed by atoms with van der Waals surface area (Å²) in [5, 5.41) is 2.05. The zero-order valence-corrected chi connectivity index (χ0v) is 9.90. The third kappa shape index (κ3) is 4.31. The van der Waals surface area contributed by atoms with Crippen LogP contribution in [0.2, 0.25) is 0 Å². The highest BCUT2D eigenvalue weighted by Crippen LogP contribution is 2.18. The van der Waals surface area contributed by atoms with Gasteiger partial charge in [-0.2, -0.15) is 0 Å². The predicted octanol–water partition coefficient (Wildman–Crippen LogP) is 3.42. The highest BCUT2D eigenvalue weighted by Gasteiger charge is 2.00. The molecular formula is C13H16OS. The van der Waals surface area contributed by atoms with Crippen LogP contribution in [-0.4, -0.2) is 6.29 Å². The van der Waals surface area contributed by atoms with Gasteiger partial charge in [-0.25, -0.2) is 0 Å². The van der Waals surface area contributed by atoms with Crippen molar-refractivity contribution in [1.82, 2.24) is 0 Å². The molecule has 0 radical (unpaired) electrons.